The largest absolute Gasteiger partial charge is 0.416 e. The second kappa shape index (κ2) is 5.25. The van der Waals surface area contributed by atoms with E-state index in [2.05, 4.69) is 4.72 Å². The molecule has 1 aromatic rings. The fourth-order valence-corrected chi connectivity index (χ4v) is 2.49. The number of benzene rings is 1. The van der Waals surface area contributed by atoms with Gasteiger partial charge in [-0.25, -0.2) is 13.1 Å². The minimum atomic E-state index is -4.60. The predicted molar refractivity (Wildman–Crippen MR) is 58.3 cm³/mol. The Labute approximate surface area is 102 Å². The summed E-state index contributed by atoms with van der Waals surface area (Å²) in [7, 11) is -4.06. The van der Waals surface area contributed by atoms with Crippen LogP contribution in [0.3, 0.4) is 0 Å². The second-order valence-electron chi connectivity index (χ2n) is 3.73. The fourth-order valence-electron chi connectivity index (χ4n) is 1.21. The summed E-state index contributed by atoms with van der Waals surface area (Å²) in [6, 6.07) is 2.63. The Morgan fingerprint density at radius 3 is 2.50 bits per heavy atom. The van der Waals surface area contributed by atoms with Crippen LogP contribution in [0.1, 0.15) is 12.5 Å². The van der Waals surface area contributed by atoms with E-state index in [1.165, 1.54) is 6.92 Å². The van der Waals surface area contributed by atoms with Gasteiger partial charge in [0.15, 0.2) is 0 Å². The van der Waals surface area contributed by atoms with Crippen LogP contribution in [0.25, 0.3) is 0 Å². The van der Waals surface area contributed by atoms with Gasteiger partial charge in [-0.1, -0.05) is 6.07 Å². The molecule has 1 rings (SSSR count). The summed E-state index contributed by atoms with van der Waals surface area (Å²) in [5.41, 5.74) is -1.04. The molecular weight excluding hydrogens is 271 g/mol. The van der Waals surface area contributed by atoms with Crippen molar-refractivity contribution in [1.29, 1.82) is 0 Å². The Hall–Kier alpha value is -1.12. The Morgan fingerprint density at radius 1 is 1.39 bits per heavy atom. The van der Waals surface area contributed by atoms with E-state index < -0.39 is 39.3 Å². The zero-order chi connectivity index (χ0) is 14.0. The van der Waals surface area contributed by atoms with E-state index in [0.717, 1.165) is 18.2 Å². The average molecular weight is 283 g/mol. The summed E-state index contributed by atoms with van der Waals surface area (Å²) in [5.74, 6) is 0. The minimum absolute atomic E-state index is 0.446. The van der Waals surface area contributed by atoms with Crippen LogP contribution in [0, 0.1) is 0 Å². The number of halogens is 3. The number of rotatable bonds is 4. The topological polar surface area (TPSA) is 66.4 Å². The molecule has 4 nitrogen and oxygen atoms in total. The molecule has 102 valence electrons. The molecule has 1 aromatic carbocycles. The zero-order valence-electron chi connectivity index (χ0n) is 9.40. The third-order valence-corrected chi connectivity index (χ3v) is 3.69. The summed E-state index contributed by atoms with van der Waals surface area (Å²) in [5, 5.41) is 8.72. The van der Waals surface area contributed by atoms with Gasteiger partial charge in [0.1, 0.15) is 0 Å². The summed E-state index contributed by atoms with van der Waals surface area (Å²) >= 11 is 0. The van der Waals surface area contributed by atoms with E-state index in [9.17, 15) is 21.6 Å². The highest BCUT2D eigenvalue weighted by Crippen LogP contribution is 2.30. The standard InChI is InChI=1S/C10H12F3NO3S/c1-7(6-15)14-18(16,17)9-4-2-3-8(5-9)10(11,12)13/h2-5,7,14-15H,6H2,1H3/t7-/m0/s1. The number of sulfonamides is 1. The van der Waals surface area contributed by atoms with Crippen LogP contribution in [0.4, 0.5) is 13.2 Å². The van der Waals surface area contributed by atoms with Crippen molar-refractivity contribution in [3.05, 3.63) is 29.8 Å². The molecule has 0 bridgehead atoms. The van der Waals surface area contributed by atoms with Crippen molar-refractivity contribution < 1.29 is 26.7 Å². The van der Waals surface area contributed by atoms with Gasteiger partial charge < -0.3 is 5.11 Å². The molecule has 0 saturated carbocycles. The lowest BCUT2D eigenvalue weighted by molar-refractivity contribution is -0.137. The van der Waals surface area contributed by atoms with E-state index >= 15 is 0 Å². The first kappa shape index (κ1) is 14.9. The molecule has 1 atom stereocenters. The maximum absolute atomic E-state index is 12.4. The zero-order valence-corrected chi connectivity index (χ0v) is 10.2. The van der Waals surface area contributed by atoms with Gasteiger partial charge in [0, 0.05) is 6.04 Å². The van der Waals surface area contributed by atoms with Crippen LogP contribution < -0.4 is 4.72 Å². The van der Waals surface area contributed by atoms with Crippen molar-refractivity contribution >= 4 is 10.0 Å². The molecule has 0 heterocycles. The maximum Gasteiger partial charge on any atom is 0.416 e. The molecule has 2 N–H and O–H groups in total. The van der Waals surface area contributed by atoms with Gasteiger partial charge in [-0.05, 0) is 25.1 Å². The molecule has 0 aliphatic carbocycles. The lowest BCUT2D eigenvalue weighted by Gasteiger charge is -2.13. The molecule has 18 heavy (non-hydrogen) atoms. The molecule has 0 aromatic heterocycles. The fraction of sp³-hybridized carbons (Fsp3) is 0.400. The average Bonchev–Trinajstić information content (AvgIpc) is 2.27. The van der Waals surface area contributed by atoms with E-state index in [1.54, 1.807) is 0 Å². The Kier molecular flexibility index (Phi) is 4.36. The Morgan fingerprint density at radius 2 is 2.00 bits per heavy atom. The highest BCUT2D eigenvalue weighted by atomic mass is 32.2. The molecule has 0 fully saturated rings. The lowest BCUT2D eigenvalue weighted by atomic mass is 10.2. The predicted octanol–water partition coefficient (Wildman–Crippen LogP) is 1.36. The van der Waals surface area contributed by atoms with Gasteiger partial charge in [0.05, 0.1) is 17.1 Å². The van der Waals surface area contributed by atoms with Gasteiger partial charge in [-0.2, -0.15) is 13.2 Å². The lowest BCUT2D eigenvalue weighted by Crippen LogP contribution is -2.35. The number of hydrogen-bond acceptors (Lipinski definition) is 3. The molecular formula is C10H12F3NO3S. The molecule has 0 saturated heterocycles. The third-order valence-electron chi connectivity index (χ3n) is 2.10. The second-order valence-corrected chi connectivity index (χ2v) is 5.44. The van der Waals surface area contributed by atoms with Crippen molar-refractivity contribution in [3.8, 4) is 0 Å². The molecule has 0 aliphatic rings. The maximum atomic E-state index is 12.4. The van der Waals surface area contributed by atoms with Crippen molar-refractivity contribution in [1.82, 2.24) is 4.72 Å². The molecule has 0 radical (unpaired) electrons. The van der Waals surface area contributed by atoms with Crippen molar-refractivity contribution in [2.75, 3.05) is 6.61 Å². The van der Waals surface area contributed by atoms with E-state index in [0.29, 0.717) is 6.07 Å². The number of alkyl halides is 3. The molecule has 8 heteroatoms. The number of aliphatic hydroxyl groups is 1. The smallest absolute Gasteiger partial charge is 0.395 e. The summed E-state index contributed by atoms with van der Waals surface area (Å²) in [6.45, 7) is 0.948. The quantitative estimate of drug-likeness (QED) is 0.877. The monoisotopic (exact) mass is 283 g/mol. The van der Waals surface area contributed by atoms with E-state index in [1.807, 2.05) is 0 Å². The van der Waals surface area contributed by atoms with Gasteiger partial charge >= 0.3 is 6.18 Å². The van der Waals surface area contributed by atoms with Gasteiger partial charge in [-0.3, -0.25) is 0 Å². The van der Waals surface area contributed by atoms with Crippen molar-refractivity contribution in [3.63, 3.8) is 0 Å². The first-order chi connectivity index (χ1) is 8.16. The summed E-state index contributed by atoms with van der Waals surface area (Å²) in [6.07, 6.45) is -4.60. The highest BCUT2D eigenvalue weighted by Gasteiger charge is 2.31. The Balaban J connectivity index is 3.11. The summed E-state index contributed by atoms with van der Waals surface area (Å²) in [4.78, 5) is -0.488. The van der Waals surface area contributed by atoms with Crippen LogP contribution in [-0.2, 0) is 16.2 Å². The van der Waals surface area contributed by atoms with Crippen LogP contribution in [0.5, 0.6) is 0 Å². The molecule has 0 spiro atoms. The highest BCUT2D eigenvalue weighted by molar-refractivity contribution is 7.89. The summed E-state index contributed by atoms with van der Waals surface area (Å²) < 4.78 is 62.7. The van der Waals surface area contributed by atoms with Crippen LogP contribution in [-0.4, -0.2) is 26.2 Å². The first-order valence-electron chi connectivity index (χ1n) is 4.97. The number of aliphatic hydroxyl groups excluding tert-OH is 1. The van der Waals surface area contributed by atoms with Gasteiger partial charge in [-0.15, -0.1) is 0 Å². The van der Waals surface area contributed by atoms with E-state index in [-0.39, 0.29) is 0 Å². The number of hydrogen-bond donors (Lipinski definition) is 2. The van der Waals surface area contributed by atoms with Crippen molar-refractivity contribution in [2.45, 2.75) is 24.0 Å². The van der Waals surface area contributed by atoms with Crippen LogP contribution >= 0.6 is 0 Å². The molecule has 0 amide bonds. The Bertz CT molecular complexity index is 513. The SMILES string of the molecule is C[C@@H](CO)NS(=O)(=O)c1cccc(C(F)(F)F)c1. The van der Waals surface area contributed by atoms with Gasteiger partial charge in [0.25, 0.3) is 0 Å². The first-order valence-corrected chi connectivity index (χ1v) is 6.45. The normalized spacial score (nSPS) is 14.5. The molecule has 0 unspecified atom stereocenters. The van der Waals surface area contributed by atoms with Crippen LogP contribution in [0.2, 0.25) is 0 Å². The van der Waals surface area contributed by atoms with Crippen LogP contribution in [0.15, 0.2) is 29.2 Å². The van der Waals surface area contributed by atoms with Gasteiger partial charge in [0.2, 0.25) is 10.0 Å². The molecule has 0 aliphatic heterocycles. The van der Waals surface area contributed by atoms with E-state index in [4.69, 9.17) is 5.11 Å². The number of nitrogens with one attached hydrogen (secondary N) is 1. The van der Waals surface area contributed by atoms with Crippen molar-refractivity contribution in [2.24, 2.45) is 0 Å². The minimum Gasteiger partial charge on any atom is -0.395 e. The third kappa shape index (κ3) is 3.69.